The van der Waals surface area contributed by atoms with Gasteiger partial charge < -0.3 is 4.74 Å². The number of carbonyl (C=O) groups is 1. The van der Waals surface area contributed by atoms with Crippen LogP contribution in [0, 0.1) is 6.92 Å². The van der Waals surface area contributed by atoms with E-state index >= 15 is 0 Å². The van der Waals surface area contributed by atoms with Crippen molar-refractivity contribution in [1.82, 2.24) is 0 Å². The summed E-state index contributed by atoms with van der Waals surface area (Å²) in [5, 5.41) is 0.456. The molecule has 0 fully saturated rings. The molecule has 0 aliphatic carbocycles. The number of hydrogen-bond acceptors (Lipinski definition) is 4. The summed E-state index contributed by atoms with van der Waals surface area (Å²) in [5.41, 5.74) is 1.98. The highest BCUT2D eigenvalue weighted by Gasteiger charge is 2.19. The Morgan fingerprint density at radius 3 is 2.23 bits per heavy atom. The van der Waals surface area contributed by atoms with Crippen LogP contribution < -0.4 is 4.74 Å². The second-order valence-corrected chi connectivity index (χ2v) is 9.77. The van der Waals surface area contributed by atoms with E-state index in [4.69, 9.17) is 16.3 Å². The van der Waals surface area contributed by atoms with E-state index in [1.54, 1.807) is 6.07 Å². The molecule has 2 aromatic carbocycles. The lowest BCUT2D eigenvalue weighted by Gasteiger charge is -2.20. The molecule has 0 aromatic heterocycles. The van der Waals surface area contributed by atoms with Crippen LogP contribution in [0.5, 0.6) is 5.75 Å². The molecule has 0 aliphatic heterocycles. The van der Waals surface area contributed by atoms with Gasteiger partial charge in [0.05, 0.1) is 17.1 Å². The number of hydrogen-bond donors (Lipinski definition) is 0. The number of halogens is 1. The van der Waals surface area contributed by atoms with Crippen LogP contribution in [-0.4, -0.2) is 20.1 Å². The zero-order valence-corrected chi connectivity index (χ0v) is 16.9. The molecular formula is C20H23ClO4S. The Morgan fingerprint density at radius 2 is 1.69 bits per heavy atom. The highest BCUT2D eigenvalue weighted by atomic mass is 35.5. The first-order chi connectivity index (χ1) is 12.0. The van der Waals surface area contributed by atoms with Crippen molar-refractivity contribution in [2.45, 2.75) is 44.4 Å². The molecular weight excluding hydrogens is 372 g/mol. The highest BCUT2D eigenvalue weighted by Crippen LogP contribution is 2.27. The van der Waals surface area contributed by atoms with Crippen molar-refractivity contribution < 1.29 is 17.9 Å². The van der Waals surface area contributed by atoms with Gasteiger partial charge in [0, 0.05) is 5.02 Å². The third-order valence-corrected chi connectivity index (χ3v) is 6.00. The third kappa shape index (κ3) is 5.32. The molecule has 2 rings (SSSR count). The van der Waals surface area contributed by atoms with Gasteiger partial charge in [-0.25, -0.2) is 8.42 Å². The number of esters is 1. The monoisotopic (exact) mass is 394 g/mol. The minimum absolute atomic E-state index is 0.0000423. The molecule has 0 amide bonds. The second kappa shape index (κ2) is 7.80. The fraction of sp³-hybridized carbons (Fsp3) is 0.350. The summed E-state index contributed by atoms with van der Waals surface area (Å²) in [6.07, 6.45) is -0.217. The number of sulfone groups is 1. The van der Waals surface area contributed by atoms with Gasteiger partial charge in [-0.2, -0.15) is 0 Å². The van der Waals surface area contributed by atoms with Gasteiger partial charge in [-0.1, -0.05) is 44.5 Å². The number of aryl methyl sites for hydroxylation is 1. The van der Waals surface area contributed by atoms with E-state index in [0.717, 1.165) is 11.1 Å². The summed E-state index contributed by atoms with van der Waals surface area (Å²) >= 11 is 5.76. The van der Waals surface area contributed by atoms with Gasteiger partial charge in [0.15, 0.2) is 9.84 Å². The Morgan fingerprint density at radius 1 is 1.08 bits per heavy atom. The van der Waals surface area contributed by atoms with Crippen LogP contribution in [0.3, 0.4) is 0 Å². The highest BCUT2D eigenvalue weighted by molar-refractivity contribution is 7.91. The van der Waals surface area contributed by atoms with Crippen molar-refractivity contribution in [3.05, 3.63) is 58.6 Å². The molecule has 140 valence electrons. The van der Waals surface area contributed by atoms with Gasteiger partial charge in [0.1, 0.15) is 5.75 Å². The van der Waals surface area contributed by atoms with E-state index in [-0.39, 0.29) is 22.5 Å². The summed E-state index contributed by atoms with van der Waals surface area (Å²) in [5.74, 6) is -0.437. The Bertz CT molecular complexity index is 894. The van der Waals surface area contributed by atoms with Crippen LogP contribution in [0.25, 0.3) is 0 Å². The fourth-order valence-corrected chi connectivity index (χ4v) is 3.73. The molecule has 26 heavy (non-hydrogen) atoms. The van der Waals surface area contributed by atoms with Crippen LogP contribution in [0.4, 0.5) is 0 Å². The number of rotatable bonds is 5. The van der Waals surface area contributed by atoms with Gasteiger partial charge in [0.25, 0.3) is 0 Å². The molecule has 0 aliphatic rings. The standard InChI is InChI=1S/C20H23ClO4S/c1-14-13-15(20(2,3)4)5-10-18(14)25-19(22)11-12-26(23,24)17-8-6-16(21)7-9-17/h5-10,13H,11-12H2,1-4H3. The van der Waals surface area contributed by atoms with Crippen molar-refractivity contribution in [1.29, 1.82) is 0 Å². The fourth-order valence-electron chi connectivity index (χ4n) is 2.38. The number of carbonyl (C=O) groups excluding carboxylic acids is 1. The summed E-state index contributed by atoms with van der Waals surface area (Å²) in [6.45, 7) is 8.18. The Labute approximate surface area is 160 Å². The molecule has 2 aromatic rings. The van der Waals surface area contributed by atoms with E-state index in [9.17, 15) is 13.2 Å². The van der Waals surface area contributed by atoms with E-state index < -0.39 is 15.8 Å². The lowest BCUT2D eigenvalue weighted by molar-refractivity contribution is -0.133. The van der Waals surface area contributed by atoms with Crippen molar-refractivity contribution >= 4 is 27.4 Å². The van der Waals surface area contributed by atoms with E-state index in [1.165, 1.54) is 24.3 Å². The molecule has 0 saturated heterocycles. The maximum Gasteiger partial charge on any atom is 0.312 e. The molecule has 0 saturated carbocycles. The van der Waals surface area contributed by atoms with Crippen molar-refractivity contribution in [3.8, 4) is 5.75 Å². The van der Waals surface area contributed by atoms with Crippen LogP contribution in [0.15, 0.2) is 47.4 Å². The van der Waals surface area contributed by atoms with Crippen LogP contribution in [0.2, 0.25) is 5.02 Å². The molecule has 0 radical (unpaired) electrons. The number of ether oxygens (including phenoxy) is 1. The van der Waals surface area contributed by atoms with E-state index in [2.05, 4.69) is 20.8 Å². The van der Waals surface area contributed by atoms with Crippen molar-refractivity contribution in [3.63, 3.8) is 0 Å². The second-order valence-electron chi connectivity index (χ2n) is 7.23. The normalized spacial score (nSPS) is 12.0. The molecule has 4 nitrogen and oxygen atoms in total. The van der Waals surface area contributed by atoms with E-state index in [1.807, 2.05) is 19.1 Å². The summed E-state index contributed by atoms with van der Waals surface area (Å²) in [7, 11) is -3.56. The minimum Gasteiger partial charge on any atom is -0.426 e. The van der Waals surface area contributed by atoms with Gasteiger partial charge in [0.2, 0.25) is 0 Å². The first-order valence-corrected chi connectivity index (χ1v) is 10.3. The maximum atomic E-state index is 12.3. The van der Waals surface area contributed by atoms with E-state index in [0.29, 0.717) is 10.8 Å². The molecule has 6 heteroatoms. The summed E-state index contributed by atoms with van der Waals surface area (Å²) in [6, 6.07) is 11.5. The first-order valence-electron chi connectivity index (χ1n) is 8.29. The Hall–Kier alpha value is -1.85. The maximum absolute atomic E-state index is 12.3. The lowest BCUT2D eigenvalue weighted by atomic mass is 9.86. The van der Waals surface area contributed by atoms with Crippen LogP contribution >= 0.6 is 11.6 Å². The lowest BCUT2D eigenvalue weighted by Crippen LogP contribution is -2.16. The molecule has 0 spiro atoms. The molecule has 0 heterocycles. The Balaban J connectivity index is 2.02. The average Bonchev–Trinajstić information content (AvgIpc) is 2.54. The predicted octanol–water partition coefficient (Wildman–Crippen LogP) is 4.72. The van der Waals surface area contributed by atoms with Gasteiger partial charge in [-0.15, -0.1) is 0 Å². The van der Waals surface area contributed by atoms with Crippen molar-refractivity contribution in [2.75, 3.05) is 5.75 Å². The largest absolute Gasteiger partial charge is 0.426 e. The summed E-state index contributed by atoms with van der Waals surface area (Å²) < 4.78 is 29.9. The van der Waals surface area contributed by atoms with Crippen molar-refractivity contribution in [2.24, 2.45) is 0 Å². The minimum atomic E-state index is -3.56. The molecule has 0 unspecified atom stereocenters. The predicted molar refractivity (Wildman–Crippen MR) is 104 cm³/mol. The quantitative estimate of drug-likeness (QED) is 0.544. The van der Waals surface area contributed by atoms with Gasteiger partial charge >= 0.3 is 5.97 Å². The molecule has 0 bridgehead atoms. The topological polar surface area (TPSA) is 60.4 Å². The van der Waals surface area contributed by atoms with Gasteiger partial charge in [-0.3, -0.25) is 4.79 Å². The first kappa shape index (κ1) is 20.5. The Kier molecular flexibility index (Phi) is 6.14. The zero-order valence-electron chi connectivity index (χ0n) is 15.4. The SMILES string of the molecule is Cc1cc(C(C)(C)C)ccc1OC(=O)CCS(=O)(=O)c1ccc(Cl)cc1. The summed E-state index contributed by atoms with van der Waals surface area (Å²) in [4.78, 5) is 12.2. The molecule has 0 N–H and O–H groups in total. The van der Waals surface area contributed by atoms with Crippen LogP contribution in [0.1, 0.15) is 38.3 Å². The molecule has 0 atom stereocenters. The number of benzene rings is 2. The smallest absolute Gasteiger partial charge is 0.312 e. The zero-order chi connectivity index (χ0) is 19.5. The average molecular weight is 395 g/mol. The van der Waals surface area contributed by atoms with Gasteiger partial charge in [-0.05, 0) is 53.8 Å². The van der Waals surface area contributed by atoms with Crippen LogP contribution in [-0.2, 0) is 20.0 Å². The third-order valence-electron chi connectivity index (χ3n) is 4.01.